The molecule has 5 heteroatoms. The van der Waals surface area contributed by atoms with E-state index in [1.54, 1.807) is 14.0 Å². The molecule has 1 aromatic rings. The average molecular weight is 274 g/mol. The number of methoxy groups -OCH3 is 1. The number of hydrogen-bond acceptors (Lipinski definition) is 5. The smallest absolute Gasteiger partial charge is 0.328 e. The standard InChI is InChI=1S/C15H18N2O3/c1-3-20-15(18)13(10-16)11-17-9-8-12-6-4-5-7-14(12)19-2/h4-7,11,13H,3,8-9H2,1-2H3/t13-/m0/s1. The molecule has 0 aromatic heterocycles. The van der Waals surface area contributed by atoms with Crippen molar-refractivity contribution in [1.82, 2.24) is 0 Å². The fourth-order valence-corrected chi connectivity index (χ4v) is 1.65. The van der Waals surface area contributed by atoms with Crippen molar-refractivity contribution in [3.63, 3.8) is 0 Å². The Hall–Kier alpha value is -2.35. The van der Waals surface area contributed by atoms with Crippen LogP contribution < -0.4 is 4.74 Å². The van der Waals surface area contributed by atoms with Crippen LogP contribution in [0.4, 0.5) is 0 Å². The fourth-order valence-electron chi connectivity index (χ4n) is 1.65. The van der Waals surface area contributed by atoms with Gasteiger partial charge in [-0.05, 0) is 25.0 Å². The molecule has 0 aliphatic heterocycles. The van der Waals surface area contributed by atoms with Crippen molar-refractivity contribution in [3.05, 3.63) is 29.8 Å². The Morgan fingerprint density at radius 1 is 1.50 bits per heavy atom. The minimum Gasteiger partial charge on any atom is -0.496 e. The number of nitrogens with zero attached hydrogens (tertiary/aromatic N) is 2. The van der Waals surface area contributed by atoms with E-state index in [0.29, 0.717) is 13.0 Å². The maximum atomic E-state index is 11.4. The van der Waals surface area contributed by atoms with Gasteiger partial charge in [-0.2, -0.15) is 5.26 Å². The summed E-state index contributed by atoms with van der Waals surface area (Å²) in [6.45, 7) is 2.44. The SMILES string of the molecule is CCOC(=O)[C@@H](C#N)C=NCCc1ccccc1OC. The number of hydrogen-bond donors (Lipinski definition) is 0. The van der Waals surface area contributed by atoms with E-state index in [1.165, 1.54) is 6.21 Å². The Labute approximate surface area is 118 Å². The summed E-state index contributed by atoms with van der Waals surface area (Å²) in [7, 11) is 1.62. The maximum absolute atomic E-state index is 11.4. The Kier molecular flexibility index (Phi) is 6.83. The molecule has 0 bridgehead atoms. The van der Waals surface area contributed by atoms with Crippen LogP contribution in [0.15, 0.2) is 29.3 Å². The molecule has 106 valence electrons. The summed E-state index contributed by atoms with van der Waals surface area (Å²) in [5.74, 6) is -0.686. The highest BCUT2D eigenvalue weighted by Crippen LogP contribution is 2.17. The molecular weight excluding hydrogens is 256 g/mol. The molecule has 0 fully saturated rings. The van der Waals surface area contributed by atoms with E-state index < -0.39 is 11.9 Å². The van der Waals surface area contributed by atoms with Crippen LogP contribution in [0.2, 0.25) is 0 Å². The van der Waals surface area contributed by atoms with Crippen LogP contribution in [0.3, 0.4) is 0 Å². The summed E-state index contributed by atoms with van der Waals surface area (Å²) in [5.41, 5.74) is 1.04. The van der Waals surface area contributed by atoms with Gasteiger partial charge in [0.05, 0.1) is 19.8 Å². The zero-order valence-electron chi connectivity index (χ0n) is 11.7. The van der Waals surface area contributed by atoms with Gasteiger partial charge in [-0.15, -0.1) is 0 Å². The summed E-state index contributed by atoms with van der Waals surface area (Å²) in [6.07, 6.45) is 2.02. The van der Waals surface area contributed by atoms with Gasteiger partial charge in [-0.25, -0.2) is 0 Å². The molecule has 20 heavy (non-hydrogen) atoms. The van der Waals surface area contributed by atoms with E-state index in [4.69, 9.17) is 14.7 Å². The van der Waals surface area contributed by atoms with E-state index in [-0.39, 0.29) is 6.61 Å². The number of benzene rings is 1. The lowest BCUT2D eigenvalue weighted by atomic mass is 10.1. The van der Waals surface area contributed by atoms with E-state index >= 15 is 0 Å². The summed E-state index contributed by atoms with van der Waals surface area (Å²) < 4.78 is 10.0. The molecule has 0 spiro atoms. The number of para-hydroxylation sites is 1. The predicted molar refractivity (Wildman–Crippen MR) is 75.8 cm³/mol. The van der Waals surface area contributed by atoms with E-state index in [2.05, 4.69) is 4.99 Å². The van der Waals surface area contributed by atoms with E-state index in [9.17, 15) is 4.79 Å². The Bertz CT molecular complexity index is 506. The molecule has 1 rings (SSSR count). The van der Waals surface area contributed by atoms with Crippen molar-refractivity contribution < 1.29 is 14.3 Å². The molecule has 0 N–H and O–H groups in total. The Morgan fingerprint density at radius 3 is 2.90 bits per heavy atom. The van der Waals surface area contributed by atoms with Gasteiger partial charge in [0, 0.05) is 12.8 Å². The monoisotopic (exact) mass is 274 g/mol. The molecule has 0 amide bonds. The van der Waals surface area contributed by atoms with Gasteiger partial charge < -0.3 is 9.47 Å². The Morgan fingerprint density at radius 2 is 2.25 bits per heavy atom. The molecule has 1 aromatic carbocycles. The van der Waals surface area contributed by atoms with Crippen molar-refractivity contribution in [1.29, 1.82) is 5.26 Å². The van der Waals surface area contributed by atoms with Crippen LogP contribution in [0, 0.1) is 17.2 Å². The number of esters is 1. The third-order valence-electron chi connectivity index (χ3n) is 2.64. The first kappa shape index (κ1) is 15.7. The van der Waals surface area contributed by atoms with Crippen molar-refractivity contribution in [2.45, 2.75) is 13.3 Å². The van der Waals surface area contributed by atoms with Crippen molar-refractivity contribution in [2.75, 3.05) is 20.3 Å². The third-order valence-corrected chi connectivity index (χ3v) is 2.64. The highest BCUT2D eigenvalue weighted by Gasteiger charge is 2.15. The van der Waals surface area contributed by atoms with Gasteiger partial charge >= 0.3 is 5.97 Å². The highest BCUT2D eigenvalue weighted by atomic mass is 16.5. The van der Waals surface area contributed by atoms with Crippen LogP contribution >= 0.6 is 0 Å². The lowest BCUT2D eigenvalue weighted by Gasteiger charge is -2.06. The number of carbonyl (C=O) groups excluding carboxylic acids is 1. The lowest BCUT2D eigenvalue weighted by molar-refractivity contribution is -0.143. The Balaban J connectivity index is 2.52. The minimum atomic E-state index is -0.937. The minimum absolute atomic E-state index is 0.256. The number of ether oxygens (including phenoxy) is 2. The van der Waals surface area contributed by atoms with Crippen molar-refractivity contribution in [2.24, 2.45) is 10.9 Å². The maximum Gasteiger partial charge on any atom is 0.328 e. The average Bonchev–Trinajstić information content (AvgIpc) is 2.48. The van der Waals surface area contributed by atoms with Crippen molar-refractivity contribution in [3.8, 4) is 11.8 Å². The molecular formula is C15H18N2O3. The molecule has 0 saturated heterocycles. The molecule has 5 nitrogen and oxygen atoms in total. The predicted octanol–water partition coefficient (Wildman–Crippen LogP) is 2.01. The molecule has 0 saturated carbocycles. The first-order valence-corrected chi connectivity index (χ1v) is 6.41. The number of aliphatic imine (C=N–C) groups is 1. The fraction of sp³-hybridized carbons (Fsp3) is 0.400. The summed E-state index contributed by atoms with van der Waals surface area (Å²) in [6, 6.07) is 9.53. The van der Waals surface area contributed by atoms with E-state index in [1.807, 2.05) is 30.3 Å². The highest BCUT2D eigenvalue weighted by molar-refractivity contribution is 5.92. The summed E-state index contributed by atoms with van der Waals surface area (Å²) in [4.78, 5) is 15.5. The zero-order valence-corrected chi connectivity index (χ0v) is 11.7. The number of nitriles is 1. The normalized spacial score (nSPS) is 11.8. The van der Waals surface area contributed by atoms with Gasteiger partial charge in [0.1, 0.15) is 5.75 Å². The van der Waals surface area contributed by atoms with E-state index in [0.717, 1.165) is 11.3 Å². The van der Waals surface area contributed by atoms with Gasteiger partial charge in [-0.3, -0.25) is 9.79 Å². The topological polar surface area (TPSA) is 71.7 Å². The second-order valence-corrected chi connectivity index (χ2v) is 3.98. The number of rotatable bonds is 7. The van der Waals surface area contributed by atoms with Gasteiger partial charge in [-0.1, -0.05) is 18.2 Å². The van der Waals surface area contributed by atoms with Gasteiger partial charge in [0.2, 0.25) is 0 Å². The van der Waals surface area contributed by atoms with Gasteiger partial charge in [0.15, 0.2) is 5.92 Å². The second kappa shape index (κ2) is 8.70. The van der Waals surface area contributed by atoms with Crippen LogP contribution in [0.5, 0.6) is 5.75 Å². The first-order chi connectivity index (χ1) is 9.72. The van der Waals surface area contributed by atoms with Crippen molar-refractivity contribution >= 4 is 12.2 Å². The molecule has 0 unspecified atom stereocenters. The molecule has 0 aliphatic carbocycles. The molecule has 0 radical (unpaired) electrons. The summed E-state index contributed by atoms with van der Waals surface area (Å²) >= 11 is 0. The molecule has 0 heterocycles. The van der Waals surface area contributed by atoms with Crippen LogP contribution in [-0.4, -0.2) is 32.4 Å². The molecule has 1 atom stereocenters. The quantitative estimate of drug-likeness (QED) is 0.563. The molecule has 0 aliphatic rings. The largest absolute Gasteiger partial charge is 0.496 e. The zero-order chi connectivity index (χ0) is 14.8. The van der Waals surface area contributed by atoms with Crippen LogP contribution in [0.1, 0.15) is 12.5 Å². The van der Waals surface area contributed by atoms with Gasteiger partial charge in [0.25, 0.3) is 0 Å². The summed E-state index contributed by atoms with van der Waals surface area (Å²) in [5, 5.41) is 8.86. The van der Waals surface area contributed by atoms with Crippen LogP contribution in [-0.2, 0) is 16.0 Å². The lowest BCUT2D eigenvalue weighted by Crippen LogP contribution is -2.17. The third kappa shape index (κ3) is 4.73. The number of carbonyl (C=O) groups is 1. The second-order valence-electron chi connectivity index (χ2n) is 3.98. The van der Waals surface area contributed by atoms with Crippen LogP contribution in [0.25, 0.3) is 0 Å². The first-order valence-electron chi connectivity index (χ1n) is 6.41.